The molecule has 1 atom stereocenters. The van der Waals surface area contributed by atoms with Gasteiger partial charge in [-0.2, -0.15) is 15.0 Å². The quantitative estimate of drug-likeness (QED) is 0.679. The van der Waals surface area contributed by atoms with Gasteiger partial charge in [0.05, 0.1) is 5.25 Å². The summed E-state index contributed by atoms with van der Waals surface area (Å²) in [4.78, 5) is 19.1. The van der Waals surface area contributed by atoms with Crippen LogP contribution >= 0.6 is 11.8 Å². The summed E-state index contributed by atoms with van der Waals surface area (Å²) < 4.78 is 0. The highest BCUT2D eigenvalue weighted by Crippen LogP contribution is 2.32. The first-order valence-electron chi connectivity index (χ1n) is 7.36. The Morgan fingerprint density at radius 1 is 1.08 bits per heavy atom. The third kappa shape index (κ3) is 3.62. The first-order valence-corrected chi connectivity index (χ1v) is 8.24. The Labute approximate surface area is 144 Å². The van der Waals surface area contributed by atoms with Gasteiger partial charge < -0.3 is 10.6 Å². The summed E-state index contributed by atoms with van der Waals surface area (Å²) in [5.41, 5.74) is 6.76. The second-order valence-electron chi connectivity index (χ2n) is 5.34. The minimum Gasteiger partial charge on any atom is -0.368 e. The Hall–Kier alpha value is -2.68. The highest BCUT2D eigenvalue weighted by atomic mass is 32.2. The first-order chi connectivity index (χ1) is 11.5. The lowest BCUT2D eigenvalue weighted by Crippen LogP contribution is -2.16. The summed E-state index contributed by atoms with van der Waals surface area (Å²) in [6.45, 7) is 1.98. The zero-order valence-electron chi connectivity index (χ0n) is 13.6. The number of thioether (sulfide) groups is 1. The Kier molecular flexibility index (Phi) is 4.61. The molecule has 2 heterocycles. The van der Waals surface area contributed by atoms with E-state index in [9.17, 15) is 0 Å². The van der Waals surface area contributed by atoms with Gasteiger partial charge in [0.1, 0.15) is 5.82 Å². The molecule has 8 nitrogen and oxygen atoms in total. The molecule has 24 heavy (non-hydrogen) atoms. The second kappa shape index (κ2) is 6.83. The van der Waals surface area contributed by atoms with Crippen LogP contribution in [0.5, 0.6) is 0 Å². The molecule has 3 N–H and O–H groups in total. The van der Waals surface area contributed by atoms with E-state index in [-0.39, 0.29) is 11.2 Å². The fraction of sp³-hybridized carbons (Fsp3) is 0.267. The minimum absolute atomic E-state index is 0.0616. The highest BCUT2D eigenvalue weighted by Gasteiger charge is 2.17. The summed E-state index contributed by atoms with van der Waals surface area (Å²) >= 11 is 1.46. The summed E-state index contributed by atoms with van der Waals surface area (Å²) in [7, 11) is 3.72. The lowest BCUT2D eigenvalue weighted by Gasteiger charge is -2.13. The second-order valence-corrected chi connectivity index (χ2v) is 6.65. The molecule has 3 rings (SSSR count). The number of H-pyrrole nitrogens is 1. The molecule has 3 aromatic rings. The van der Waals surface area contributed by atoms with Crippen molar-refractivity contribution >= 4 is 23.7 Å². The molecule has 0 spiro atoms. The van der Waals surface area contributed by atoms with Crippen molar-refractivity contribution in [2.45, 2.75) is 17.3 Å². The first kappa shape index (κ1) is 16.2. The smallest absolute Gasteiger partial charge is 0.229 e. The number of aromatic amines is 1. The molecule has 0 aliphatic heterocycles. The van der Waals surface area contributed by atoms with E-state index in [1.54, 1.807) is 4.90 Å². The van der Waals surface area contributed by atoms with Crippen LogP contribution in [-0.4, -0.2) is 44.2 Å². The van der Waals surface area contributed by atoms with Gasteiger partial charge in [-0.05, 0) is 6.92 Å². The van der Waals surface area contributed by atoms with Crippen LogP contribution in [0.2, 0.25) is 0 Å². The van der Waals surface area contributed by atoms with Crippen molar-refractivity contribution in [3.05, 3.63) is 36.2 Å². The monoisotopic (exact) mass is 342 g/mol. The van der Waals surface area contributed by atoms with E-state index in [1.165, 1.54) is 11.8 Å². The molecule has 1 aromatic carbocycles. The molecule has 0 bridgehead atoms. The number of anilines is 2. The van der Waals surface area contributed by atoms with E-state index in [1.807, 2.05) is 51.4 Å². The molecule has 9 heteroatoms. The predicted molar refractivity (Wildman–Crippen MR) is 94.7 cm³/mol. The number of rotatable bonds is 5. The van der Waals surface area contributed by atoms with Gasteiger partial charge in [0.25, 0.3) is 0 Å². The van der Waals surface area contributed by atoms with Gasteiger partial charge in [-0.25, -0.2) is 4.98 Å². The zero-order chi connectivity index (χ0) is 17.1. The van der Waals surface area contributed by atoms with E-state index in [0.29, 0.717) is 16.9 Å². The van der Waals surface area contributed by atoms with Crippen molar-refractivity contribution in [2.75, 3.05) is 24.7 Å². The molecular weight excluding hydrogens is 324 g/mol. The molecule has 0 fully saturated rings. The number of nitrogens with zero attached hydrogens (tertiary/aromatic N) is 6. The van der Waals surface area contributed by atoms with E-state index in [4.69, 9.17) is 5.73 Å². The summed E-state index contributed by atoms with van der Waals surface area (Å²) in [5.74, 6) is 2.07. The van der Waals surface area contributed by atoms with Gasteiger partial charge in [-0.15, -0.1) is 5.10 Å². The molecule has 0 amide bonds. The van der Waals surface area contributed by atoms with Crippen LogP contribution in [0.4, 0.5) is 11.9 Å². The van der Waals surface area contributed by atoms with E-state index >= 15 is 0 Å². The van der Waals surface area contributed by atoms with Crippen LogP contribution in [0, 0.1) is 0 Å². The summed E-state index contributed by atoms with van der Waals surface area (Å²) in [5, 5.41) is 7.77. The molecule has 0 saturated heterocycles. The van der Waals surface area contributed by atoms with E-state index in [2.05, 4.69) is 30.1 Å². The van der Waals surface area contributed by atoms with Crippen molar-refractivity contribution in [1.82, 2.24) is 30.1 Å². The lowest BCUT2D eigenvalue weighted by molar-refractivity contribution is 0.858. The van der Waals surface area contributed by atoms with Crippen molar-refractivity contribution in [3.63, 3.8) is 0 Å². The maximum Gasteiger partial charge on any atom is 0.229 e. The lowest BCUT2D eigenvalue weighted by atomic mass is 10.2. The van der Waals surface area contributed by atoms with Crippen molar-refractivity contribution in [3.8, 4) is 11.4 Å². The SMILES string of the molecule is CC(Sc1n[nH]c(-c2ccccc2)n1)c1nc(N)nc(N(C)C)n1. The number of nitrogen functional groups attached to an aromatic ring is 1. The minimum atomic E-state index is -0.0616. The van der Waals surface area contributed by atoms with Crippen LogP contribution in [0.1, 0.15) is 18.0 Å². The maximum absolute atomic E-state index is 5.77. The molecule has 124 valence electrons. The largest absolute Gasteiger partial charge is 0.368 e. The molecule has 0 saturated carbocycles. The predicted octanol–water partition coefficient (Wildman–Crippen LogP) is 2.16. The Morgan fingerprint density at radius 2 is 1.83 bits per heavy atom. The molecule has 0 radical (unpaired) electrons. The standard InChI is InChI=1S/C15H18N8S/c1-9(11-17-13(16)20-14(18-11)23(2)3)24-15-19-12(21-22-15)10-7-5-4-6-8-10/h4-9H,1-3H3,(H,19,21,22)(H2,16,17,18,20). The Balaban J connectivity index is 1.78. The molecule has 2 aromatic heterocycles. The summed E-state index contributed by atoms with van der Waals surface area (Å²) in [6, 6.07) is 9.85. The van der Waals surface area contributed by atoms with Crippen LogP contribution in [0.15, 0.2) is 35.5 Å². The van der Waals surface area contributed by atoms with E-state index in [0.717, 1.165) is 11.4 Å². The number of hydrogen-bond acceptors (Lipinski definition) is 8. The fourth-order valence-electron chi connectivity index (χ4n) is 2.01. The van der Waals surface area contributed by atoms with Gasteiger partial charge >= 0.3 is 0 Å². The highest BCUT2D eigenvalue weighted by molar-refractivity contribution is 7.99. The van der Waals surface area contributed by atoms with Gasteiger partial charge in [-0.1, -0.05) is 42.1 Å². The van der Waals surface area contributed by atoms with Crippen LogP contribution in [0.25, 0.3) is 11.4 Å². The number of nitrogens with two attached hydrogens (primary N) is 1. The number of nitrogens with one attached hydrogen (secondary N) is 1. The number of hydrogen-bond donors (Lipinski definition) is 2. The van der Waals surface area contributed by atoms with Gasteiger partial charge in [0.15, 0.2) is 5.82 Å². The van der Waals surface area contributed by atoms with E-state index < -0.39 is 0 Å². The van der Waals surface area contributed by atoms with Crippen LogP contribution in [-0.2, 0) is 0 Å². The third-order valence-corrected chi connectivity index (χ3v) is 4.17. The number of aromatic nitrogens is 6. The zero-order valence-corrected chi connectivity index (χ0v) is 14.4. The topological polar surface area (TPSA) is 110 Å². The van der Waals surface area contributed by atoms with Crippen LogP contribution < -0.4 is 10.6 Å². The maximum atomic E-state index is 5.77. The molecule has 0 aliphatic carbocycles. The average Bonchev–Trinajstić information content (AvgIpc) is 3.03. The van der Waals surface area contributed by atoms with Crippen LogP contribution in [0.3, 0.4) is 0 Å². The van der Waals surface area contributed by atoms with Gasteiger partial charge in [-0.3, -0.25) is 5.10 Å². The van der Waals surface area contributed by atoms with Gasteiger partial charge in [0, 0.05) is 19.7 Å². The van der Waals surface area contributed by atoms with Gasteiger partial charge in [0.2, 0.25) is 17.1 Å². The van der Waals surface area contributed by atoms with Crippen molar-refractivity contribution in [1.29, 1.82) is 0 Å². The third-order valence-electron chi connectivity index (χ3n) is 3.22. The molecular formula is C15H18N8S. The normalized spacial score (nSPS) is 12.1. The summed E-state index contributed by atoms with van der Waals surface area (Å²) in [6.07, 6.45) is 0. The fourth-order valence-corrected chi connectivity index (χ4v) is 2.78. The molecule has 1 unspecified atom stereocenters. The average molecular weight is 342 g/mol. The van der Waals surface area contributed by atoms with Crippen molar-refractivity contribution < 1.29 is 0 Å². The van der Waals surface area contributed by atoms with Crippen molar-refractivity contribution in [2.24, 2.45) is 0 Å². The number of benzene rings is 1. The Morgan fingerprint density at radius 3 is 2.54 bits per heavy atom. The molecule has 0 aliphatic rings. The Bertz CT molecular complexity index is 817.